The van der Waals surface area contributed by atoms with Gasteiger partial charge < -0.3 is 10.6 Å². The molecular formula is C14H16N4O2S. The van der Waals surface area contributed by atoms with Gasteiger partial charge in [0.1, 0.15) is 0 Å². The molecule has 0 unspecified atom stereocenters. The normalized spacial score (nSPS) is 10.2. The molecule has 0 fully saturated rings. The van der Waals surface area contributed by atoms with Gasteiger partial charge in [-0.2, -0.15) is 0 Å². The van der Waals surface area contributed by atoms with Gasteiger partial charge >= 0.3 is 0 Å². The molecule has 110 valence electrons. The van der Waals surface area contributed by atoms with E-state index in [4.69, 9.17) is 0 Å². The third-order valence-corrected chi connectivity index (χ3v) is 3.58. The molecule has 0 saturated heterocycles. The second kappa shape index (κ2) is 6.94. The molecule has 0 spiro atoms. The van der Waals surface area contributed by atoms with Crippen molar-refractivity contribution in [2.24, 2.45) is 0 Å². The maximum absolute atomic E-state index is 12.0. The van der Waals surface area contributed by atoms with Crippen molar-refractivity contribution in [1.29, 1.82) is 0 Å². The Labute approximate surface area is 126 Å². The molecule has 1 aromatic heterocycles. The van der Waals surface area contributed by atoms with Gasteiger partial charge in [-0.3, -0.25) is 9.59 Å². The predicted molar refractivity (Wildman–Crippen MR) is 81.7 cm³/mol. The number of hydrogen-bond donors (Lipinski definition) is 2. The van der Waals surface area contributed by atoms with E-state index in [1.165, 1.54) is 0 Å². The van der Waals surface area contributed by atoms with E-state index in [0.29, 0.717) is 12.2 Å². The summed E-state index contributed by atoms with van der Waals surface area (Å²) in [5.74, 6) is -0.672. The summed E-state index contributed by atoms with van der Waals surface area (Å²) in [6, 6.07) is 7.42. The highest BCUT2D eigenvalue weighted by atomic mass is 32.1. The number of hydrogen-bond acceptors (Lipinski definition) is 5. The molecule has 2 aromatic rings. The maximum Gasteiger partial charge on any atom is 0.286 e. The molecular weight excluding hydrogens is 288 g/mol. The van der Waals surface area contributed by atoms with Gasteiger partial charge in [0.25, 0.3) is 11.8 Å². The first kappa shape index (κ1) is 15.1. The summed E-state index contributed by atoms with van der Waals surface area (Å²) in [5, 5.41) is 13.3. The molecule has 0 radical (unpaired) electrons. The second-order valence-corrected chi connectivity index (χ2v) is 5.47. The van der Waals surface area contributed by atoms with Crippen molar-refractivity contribution < 1.29 is 9.59 Å². The van der Waals surface area contributed by atoms with Crippen molar-refractivity contribution in [1.82, 2.24) is 15.5 Å². The highest BCUT2D eigenvalue weighted by Crippen LogP contribution is 2.14. The number of carbonyl (C=O) groups is 2. The van der Waals surface area contributed by atoms with Crippen LogP contribution in [0.4, 0.5) is 5.69 Å². The van der Waals surface area contributed by atoms with Gasteiger partial charge in [0.2, 0.25) is 10.0 Å². The molecule has 2 amide bonds. The molecule has 0 aliphatic rings. The number of nitrogens with zero attached hydrogens (tertiary/aromatic N) is 2. The molecule has 7 heteroatoms. The third-order valence-electron chi connectivity index (χ3n) is 2.66. The van der Waals surface area contributed by atoms with Gasteiger partial charge in [0.05, 0.1) is 0 Å². The molecule has 2 rings (SSSR count). The fourth-order valence-corrected chi connectivity index (χ4v) is 2.20. The lowest BCUT2D eigenvalue weighted by Gasteiger charge is -2.02. The van der Waals surface area contributed by atoms with E-state index in [1.807, 2.05) is 38.1 Å². The minimum Gasteiger partial charge on any atom is -0.350 e. The zero-order chi connectivity index (χ0) is 15.2. The Morgan fingerprint density at radius 3 is 2.33 bits per heavy atom. The predicted octanol–water partition coefficient (Wildman–Crippen LogP) is 2.24. The zero-order valence-corrected chi connectivity index (χ0v) is 12.7. The Morgan fingerprint density at radius 1 is 1.10 bits per heavy atom. The summed E-state index contributed by atoms with van der Waals surface area (Å²) in [4.78, 5) is 23.7. The van der Waals surface area contributed by atoms with Crippen LogP contribution in [0.3, 0.4) is 0 Å². The van der Waals surface area contributed by atoms with Crippen LogP contribution in [0.25, 0.3) is 0 Å². The van der Waals surface area contributed by atoms with E-state index in [2.05, 4.69) is 20.8 Å². The van der Waals surface area contributed by atoms with Crippen LogP contribution in [0.15, 0.2) is 24.3 Å². The Kier molecular flexibility index (Phi) is 4.99. The largest absolute Gasteiger partial charge is 0.350 e. The van der Waals surface area contributed by atoms with Crippen molar-refractivity contribution >= 4 is 28.8 Å². The summed E-state index contributed by atoms with van der Waals surface area (Å²) in [6.07, 6.45) is 0.839. The van der Waals surface area contributed by atoms with Crippen molar-refractivity contribution in [2.45, 2.75) is 20.3 Å². The summed E-state index contributed by atoms with van der Waals surface area (Å²) >= 11 is 0.976. The van der Waals surface area contributed by atoms with Crippen molar-refractivity contribution in [3.05, 3.63) is 39.8 Å². The molecule has 6 nitrogen and oxygen atoms in total. The zero-order valence-electron chi connectivity index (χ0n) is 11.8. The number of benzene rings is 1. The lowest BCUT2D eigenvalue weighted by atomic mass is 10.2. The Hall–Kier alpha value is -2.28. The summed E-state index contributed by atoms with van der Waals surface area (Å²) in [5.41, 5.74) is 1.79. The second-order valence-electron chi connectivity index (χ2n) is 4.49. The minimum absolute atomic E-state index is 0.164. The van der Waals surface area contributed by atoms with Gasteiger partial charge in [-0.15, -0.1) is 10.2 Å². The van der Waals surface area contributed by atoms with E-state index < -0.39 is 0 Å². The van der Waals surface area contributed by atoms with Crippen LogP contribution < -0.4 is 10.6 Å². The Balaban J connectivity index is 2.01. The number of nitrogens with one attached hydrogen (secondary N) is 2. The number of amides is 2. The standard InChI is InChI=1S/C14H16N4O2S/c1-3-8-15-11(19)13-17-18-14(21-13)12(20)16-10-6-4-9(2)5-7-10/h4-7H,3,8H2,1-2H3,(H,15,19)(H,16,20). The van der Waals surface area contributed by atoms with E-state index >= 15 is 0 Å². The van der Waals surface area contributed by atoms with Gasteiger partial charge in [-0.25, -0.2) is 0 Å². The van der Waals surface area contributed by atoms with E-state index in [0.717, 1.165) is 23.3 Å². The monoisotopic (exact) mass is 304 g/mol. The van der Waals surface area contributed by atoms with Crippen molar-refractivity contribution in [2.75, 3.05) is 11.9 Å². The average Bonchev–Trinajstić information content (AvgIpc) is 2.97. The van der Waals surface area contributed by atoms with Crippen LogP contribution in [-0.2, 0) is 0 Å². The first-order chi connectivity index (χ1) is 10.1. The molecule has 0 bridgehead atoms. The molecule has 21 heavy (non-hydrogen) atoms. The molecule has 0 atom stereocenters. The topological polar surface area (TPSA) is 84.0 Å². The maximum atomic E-state index is 12.0. The number of aromatic nitrogens is 2. The number of rotatable bonds is 5. The molecule has 0 aliphatic carbocycles. The molecule has 2 N–H and O–H groups in total. The molecule has 1 aromatic carbocycles. The van der Waals surface area contributed by atoms with Gasteiger partial charge in [-0.1, -0.05) is 36.0 Å². The van der Waals surface area contributed by atoms with Crippen LogP contribution >= 0.6 is 11.3 Å². The fraction of sp³-hybridized carbons (Fsp3) is 0.286. The Bertz CT molecular complexity index is 637. The summed E-state index contributed by atoms with van der Waals surface area (Å²) < 4.78 is 0. The highest BCUT2D eigenvalue weighted by molar-refractivity contribution is 7.15. The van der Waals surface area contributed by atoms with Gasteiger partial charge in [-0.05, 0) is 25.5 Å². The number of anilines is 1. The van der Waals surface area contributed by atoms with Gasteiger partial charge in [0.15, 0.2) is 0 Å². The average molecular weight is 304 g/mol. The Morgan fingerprint density at radius 2 is 1.71 bits per heavy atom. The molecule has 1 heterocycles. The highest BCUT2D eigenvalue weighted by Gasteiger charge is 2.17. The molecule has 0 saturated carbocycles. The van der Waals surface area contributed by atoms with Crippen molar-refractivity contribution in [3.63, 3.8) is 0 Å². The van der Waals surface area contributed by atoms with Crippen LogP contribution in [0, 0.1) is 6.92 Å². The quantitative estimate of drug-likeness (QED) is 0.887. The van der Waals surface area contributed by atoms with Crippen LogP contribution in [0.5, 0.6) is 0 Å². The summed E-state index contributed by atoms with van der Waals surface area (Å²) in [7, 11) is 0. The van der Waals surface area contributed by atoms with E-state index in [1.54, 1.807) is 0 Å². The lowest BCUT2D eigenvalue weighted by molar-refractivity contribution is 0.0951. The van der Waals surface area contributed by atoms with Crippen LogP contribution in [0.2, 0.25) is 0 Å². The first-order valence-corrected chi connectivity index (χ1v) is 7.41. The van der Waals surface area contributed by atoms with Crippen LogP contribution in [-0.4, -0.2) is 28.6 Å². The number of carbonyl (C=O) groups excluding carboxylic acids is 2. The fourth-order valence-electron chi connectivity index (χ4n) is 1.54. The summed E-state index contributed by atoms with van der Waals surface area (Å²) in [6.45, 7) is 4.50. The lowest BCUT2D eigenvalue weighted by Crippen LogP contribution is -2.23. The smallest absolute Gasteiger partial charge is 0.286 e. The SMILES string of the molecule is CCCNC(=O)c1nnc(C(=O)Nc2ccc(C)cc2)s1. The van der Waals surface area contributed by atoms with Crippen molar-refractivity contribution in [3.8, 4) is 0 Å². The van der Waals surface area contributed by atoms with Crippen LogP contribution in [0.1, 0.15) is 38.5 Å². The molecule has 0 aliphatic heterocycles. The van der Waals surface area contributed by atoms with Gasteiger partial charge in [0, 0.05) is 12.2 Å². The third kappa shape index (κ3) is 4.09. The van der Waals surface area contributed by atoms with E-state index in [-0.39, 0.29) is 21.8 Å². The minimum atomic E-state index is -0.370. The number of aryl methyl sites for hydroxylation is 1. The van der Waals surface area contributed by atoms with E-state index in [9.17, 15) is 9.59 Å². The first-order valence-electron chi connectivity index (χ1n) is 6.60.